The van der Waals surface area contributed by atoms with Crippen molar-refractivity contribution in [2.75, 3.05) is 19.6 Å². The average Bonchev–Trinajstić information content (AvgIpc) is 2.60. The Kier molecular flexibility index (Phi) is 16.6. The van der Waals surface area contributed by atoms with Gasteiger partial charge in [0.05, 0.1) is 0 Å². The molecule has 0 rings (SSSR count). The monoisotopic (exact) mass is 364 g/mol. The standard InChI is InChI=1S/C23H44N2O/c1-5-6-7-8-9-10-11-12-16-23(26)25(20-18-24)19-17-22(4)15-13-14-21(2)3/h14,17H,5-13,15-16,18-20,24H2,1-4H3. The lowest BCUT2D eigenvalue weighted by atomic mass is 10.1. The first-order valence-corrected chi connectivity index (χ1v) is 10.8. The second-order valence-electron chi connectivity index (χ2n) is 7.72. The van der Waals surface area contributed by atoms with Crippen LogP contribution in [0.1, 0.15) is 98.3 Å². The zero-order chi connectivity index (χ0) is 19.6. The van der Waals surface area contributed by atoms with E-state index in [0.29, 0.717) is 26.1 Å². The molecule has 0 aliphatic carbocycles. The molecule has 0 heterocycles. The molecule has 0 radical (unpaired) electrons. The second-order valence-corrected chi connectivity index (χ2v) is 7.72. The molecular formula is C23H44N2O. The zero-order valence-electron chi connectivity index (χ0n) is 18.0. The normalized spacial score (nSPS) is 11.5. The first-order valence-electron chi connectivity index (χ1n) is 10.8. The lowest BCUT2D eigenvalue weighted by molar-refractivity contribution is -0.130. The summed E-state index contributed by atoms with van der Waals surface area (Å²) in [6.45, 7) is 10.6. The Morgan fingerprint density at radius 2 is 1.50 bits per heavy atom. The summed E-state index contributed by atoms with van der Waals surface area (Å²) in [5.74, 6) is 0.259. The van der Waals surface area contributed by atoms with Crippen LogP contribution in [0, 0.1) is 0 Å². The first-order chi connectivity index (χ1) is 12.5. The molecule has 0 fully saturated rings. The topological polar surface area (TPSA) is 46.3 Å². The Bertz CT molecular complexity index is 408. The number of carbonyl (C=O) groups excluding carboxylic acids is 1. The molecule has 26 heavy (non-hydrogen) atoms. The predicted octanol–water partition coefficient (Wildman–Crippen LogP) is 6.00. The SMILES string of the molecule is CCCCCCCCCCC(=O)N(CC=C(C)CCC=C(C)C)CCN. The van der Waals surface area contributed by atoms with Crippen molar-refractivity contribution in [1.29, 1.82) is 0 Å². The van der Waals surface area contributed by atoms with Crippen molar-refractivity contribution in [3.63, 3.8) is 0 Å². The molecule has 0 aliphatic heterocycles. The van der Waals surface area contributed by atoms with Gasteiger partial charge in [-0.2, -0.15) is 0 Å². The van der Waals surface area contributed by atoms with Gasteiger partial charge in [-0.25, -0.2) is 0 Å². The molecule has 0 spiro atoms. The van der Waals surface area contributed by atoms with Crippen molar-refractivity contribution in [3.8, 4) is 0 Å². The molecule has 0 unspecified atom stereocenters. The maximum absolute atomic E-state index is 12.5. The number of nitrogens with zero attached hydrogens (tertiary/aromatic N) is 1. The number of hydrogen-bond donors (Lipinski definition) is 1. The van der Waals surface area contributed by atoms with E-state index in [-0.39, 0.29) is 5.91 Å². The highest BCUT2D eigenvalue weighted by molar-refractivity contribution is 5.76. The van der Waals surface area contributed by atoms with Crippen LogP contribution in [0.4, 0.5) is 0 Å². The molecule has 152 valence electrons. The summed E-state index contributed by atoms with van der Waals surface area (Å²) in [7, 11) is 0. The van der Waals surface area contributed by atoms with E-state index in [1.165, 1.54) is 56.1 Å². The fourth-order valence-corrected chi connectivity index (χ4v) is 3.00. The Balaban J connectivity index is 4.06. The van der Waals surface area contributed by atoms with E-state index in [1.54, 1.807) is 0 Å². The summed E-state index contributed by atoms with van der Waals surface area (Å²) in [5.41, 5.74) is 8.41. The lowest BCUT2D eigenvalue weighted by Crippen LogP contribution is -2.35. The molecule has 0 saturated heterocycles. The summed E-state index contributed by atoms with van der Waals surface area (Å²) in [5, 5.41) is 0. The van der Waals surface area contributed by atoms with Crippen LogP contribution in [0.25, 0.3) is 0 Å². The molecular weight excluding hydrogens is 320 g/mol. The summed E-state index contributed by atoms with van der Waals surface area (Å²) in [4.78, 5) is 14.4. The largest absolute Gasteiger partial charge is 0.338 e. The smallest absolute Gasteiger partial charge is 0.222 e. The van der Waals surface area contributed by atoms with Gasteiger partial charge < -0.3 is 10.6 Å². The van der Waals surface area contributed by atoms with Gasteiger partial charge in [0.1, 0.15) is 0 Å². The summed E-state index contributed by atoms with van der Waals surface area (Å²) in [6, 6.07) is 0. The van der Waals surface area contributed by atoms with Crippen LogP contribution in [-0.2, 0) is 4.79 Å². The van der Waals surface area contributed by atoms with Crippen molar-refractivity contribution in [2.45, 2.75) is 98.3 Å². The third-order valence-corrected chi connectivity index (χ3v) is 4.75. The minimum Gasteiger partial charge on any atom is -0.338 e. The van der Waals surface area contributed by atoms with E-state index in [4.69, 9.17) is 5.73 Å². The minimum absolute atomic E-state index is 0.259. The van der Waals surface area contributed by atoms with Crippen molar-refractivity contribution < 1.29 is 4.79 Å². The van der Waals surface area contributed by atoms with Gasteiger partial charge in [0.15, 0.2) is 0 Å². The van der Waals surface area contributed by atoms with Gasteiger partial charge in [0.2, 0.25) is 5.91 Å². The highest BCUT2D eigenvalue weighted by Crippen LogP contribution is 2.11. The molecule has 0 aliphatic rings. The van der Waals surface area contributed by atoms with Crippen molar-refractivity contribution in [3.05, 3.63) is 23.3 Å². The van der Waals surface area contributed by atoms with Gasteiger partial charge in [-0.15, -0.1) is 0 Å². The molecule has 0 aromatic heterocycles. The number of nitrogens with two attached hydrogens (primary N) is 1. The Morgan fingerprint density at radius 3 is 2.08 bits per heavy atom. The fourth-order valence-electron chi connectivity index (χ4n) is 3.00. The summed E-state index contributed by atoms with van der Waals surface area (Å²) in [6.07, 6.45) is 17.4. The van der Waals surface area contributed by atoms with Crippen LogP contribution in [0.3, 0.4) is 0 Å². The van der Waals surface area contributed by atoms with Gasteiger partial charge in [0.25, 0.3) is 0 Å². The summed E-state index contributed by atoms with van der Waals surface area (Å²) >= 11 is 0. The maximum atomic E-state index is 12.5. The predicted molar refractivity (Wildman–Crippen MR) is 115 cm³/mol. The lowest BCUT2D eigenvalue weighted by Gasteiger charge is -2.21. The Morgan fingerprint density at radius 1 is 0.885 bits per heavy atom. The van der Waals surface area contributed by atoms with Crippen LogP contribution >= 0.6 is 0 Å². The molecule has 3 heteroatoms. The van der Waals surface area contributed by atoms with Crippen molar-refractivity contribution in [1.82, 2.24) is 4.90 Å². The van der Waals surface area contributed by atoms with E-state index in [0.717, 1.165) is 19.3 Å². The van der Waals surface area contributed by atoms with Crippen LogP contribution in [0.15, 0.2) is 23.3 Å². The van der Waals surface area contributed by atoms with Crippen LogP contribution in [0.5, 0.6) is 0 Å². The first kappa shape index (κ1) is 24.9. The number of unbranched alkanes of at least 4 members (excludes halogenated alkanes) is 7. The van der Waals surface area contributed by atoms with Crippen molar-refractivity contribution in [2.24, 2.45) is 5.73 Å². The highest BCUT2D eigenvalue weighted by atomic mass is 16.2. The third-order valence-electron chi connectivity index (χ3n) is 4.75. The number of amides is 1. The molecule has 0 atom stereocenters. The number of rotatable bonds is 16. The number of hydrogen-bond acceptors (Lipinski definition) is 2. The van der Waals surface area contributed by atoms with E-state index in [9.17, 15) is 4.79 Å². The van der Waals surface area contributed by atoms with Crippen LogP contribution < -0.4 is 5.73 Å². The van der Waals surface area contributed by atoms with Gasteiger partial charge >= 0.3 is 0 Å². The molecule has 0 saturated carbocycles. The third kappa shape index (κ3) is 15.2. The fraction of sp³-hybridized carbons (Fsp3) is 0.783. The number of allylic oxidation sites excluding steroid dienone is 3. The molecule has 3 nitrogen and oxygen atoms in total. The zero-order valence-corrected chi connectivity index (χ0v) is 18.0. The van der Waals surface area contributed by atoms with E-state index >= 15 is 0 Å². The number of carbonyl (C=O) groups is 1. The van der Waals surface area contributed by atoms with Gasteiger partial charge in [-0.3, -0.25) is 4.79 Å². The van der Waals surface area contributed by atoms with Crippen LogP contribution in [-0.4, -0.2) is 30.4 Å². The summed E-state index contributed by atoms with van der Waals surface area (Å²) < 4.78 is 0. The van der Waals surface area contributed by atoms with Gasteiger partial charge in [-0.05, 0) is 40.0 Å². The maximum Gasteiger partial charge on any atom is 0.222 e. The molecule has 2 N–H and O–H groups in total. The second kappa shape index (κ2) is 17.3. The van der Waals surface area contributed by atoms with E-state index in [2.05, 4.69) is 39.8 Å². The Hall–Kier alpha value is -1.09. The molecule has 0 aromatic carbocycles. The van der Waals surface area contributed by atoms with Crippen LogP contribution in [0.2, 0.25) is 0 Å². The van der Waals surface area contributed by atoms with E-state index < -0.39 is 0 Å². The quantitative estimate of drug-likeness (QED) is 0.270. The van der Waals surface area contributed by atoms with Crippen molar-refractivity contribution >= 4 is 5.91 Å². The Labute approximate surface area is 163 Å². The van der Waals surface area contributed by atoms with E-state index in [1.807, 2.05) is 4.90 Å². The molecule has 0 aromatic rings. The molecule has 0 bridgehead atoms. The minimum atomic E-state index is 0.259. The molecule has 1 amide bonds. The van der Waals surface area contributed by atoms with Gasteiger partial charge in [0, 0.05) is 26.1 Å². The average molecular weight is 365 g/mol. The van der Waals surface area contributed by atoms with Gasteiger partial charge in [-0.1, -0.05) is 75.2 Å². The highest BCUT2D eigenvalue weighted by Gasteiger charge is 2.11.